The summed E-state index contributed by atoms with van der Waals surface area (Å²) in [5, 5.41) is 24.4. The third-order valence-electron chi connectivity index (χ3n) is 5.42. The molecule has 188 valence electrons. The lowest BCUT2D eigenvalue weighted by Gasteiger charge is -2.31. The highest BCUT2D eigenvalue weighted by Gasteiger charge is 2.39. The zero-order valence-electron chi connectivity index (χ0n) is 19.4. The number of hydrogen-bond donors (Lipinski definition) is 7. The maximum absolute atomic E-state index is 13.0. The molecule has 10 N–H and O–H groups in total. The Balaban J connectivity index is 2.82. The van der Waals surface area contributed by atoms with Crippen molar-refractivity contribution in [3.63, 3.8) is 0 Å². The van der Waals surface area contributed by atoms with Crippen LogP contribution in [-0.2, 0) is 19.2 Å². The molecule has 5 atom stereocenters. The van der Waals surface area contributed by atoms with E-state index in [4.69, 9.17) is 17.2 Å². The van der Waals surface area contributed by atoms with Gasteiger partial charge >= 0.3 is 5.97 Å². The van der Waals surface area contributed by atoms with Crippen molar-refractivity contribution in [2.45, 2.75) is 76.7 Å². The molecular weight excluding hydrogens is 434 g/mol. The molecule has 0 saturated carbocycles. The number of amides is 3. The number of aliphatic hydroxyl groups excluding tert-OH is 1. The summed E-state index contributed by atoms with van der Waals surface area (Å²) < 4.78 is 0. The maximum atomic E-state index is 13.0. The van der Waals surface area contributed by atoms with E-state index in [0.29, 0.717) is 19.3 Å². The molecule has 0 aliphatic carbocycles. The molecule has 1 rings (SSSR count). The van der Waals surface area contributed by atoms with Gasteiger partial charge in [-0.3, -0.25) is 19.4 Å². The first-order valence-corrected chi connectivity index (χ1v) is 11.0. The molecule has 0 radical (unpaired) electrons. The lowest BCUT2D eigenvalue weighted by molar-refractivity contribution is -0.150. The summed E-state index contributed by atoms with van der Waals surface area (Å²) in [4.78, 5) is 54.8. The number of hydrogen-bond acceptors (Lipinski definition) is 7. The van der Waals surface area contributed by atoms with E-state index in [0.717, 1.165) is 0 Å². The van der Waals surface area contributed by atoms with Gasteiger partial charge < -0.3 is 42.9 Å². The molecule has 1 saturated heterocycles. The molecule has 1 aliphatic rings. The molecule has 0 bridgehead atoms. The quantitative estimate of drug-likeness (QED) is 0.0901. The van der Waals surface area contributed by atoms with Gasteiger partial charge in [0.25, 0.3) is 0 Å². The van der Waals surface area contributed by atoms with Gasteiger partial charge in [0, 0.05) is 13.1 Å². The Hall–Kier alpha value is -2.93. The molecule has 5 unspecified atom stereocenters. The lowest BCUT2D eigenvalue weighted by atomic mass is 10.0. The summed E-state index contributed by atoms with van der Waals surface area (Å²) in [5.74, 6) is -3.48. The number of carboxylic acid groups (broad SMARTS) is 1. The monoisotopic (exact) mass is 471 g/mol. The van der Waals surface area contributed by atoms with Gasteiger partial charge in [0.2, 0.25) is 17.7 Å². The van der Waals surface area contributed by atoms with Crippen LogP contribution in [0.5, 0.6) is 0 Å². The zero-order valence-corrected chi connectivity index (χ0v) is 19.4. The normalized spacial score (nSPS) is 19.3. The second kappa shape index (κ2) is 12.9. The topological polar surface area (TPSA) is 226 Å². The first-order chi connectivity index (χ1) is 15.4. The number of carbonyl (C=O) groups is 4. The fourth-order valence-electron chi connectivity index (χ4n) is 3.54. The number of nitrogens with zero attached hydrogens (tertiary/aromatic N) is 2. The highest BCUT2D eigenvalue weighted by molar-refractivity contribution is 5.94. The largest absolute Gasteiger partial charge is 0.480 e. The number of rotatable bonds is 12. The predicted molar refractivity (Wildman–Crippen MR) is 121 cm³/mol. The molecular formula is C20H37N7O6. The molecule has 1 fully saturated rings. The Labute approximate surface area is 193 Å². The van der Waals surface area contributed by atoms with Crippen LogP contribution in [0.25, 0.3) is 0 Å². The van der Waals surface area contributed by atoms with Gasteiger partial charge in [-0.15, -0.1) is 0 Å². The minimum absolute atomic E-state index is 0.0725. The minimum Gasteiger partial charge on any atom is -0.480 e. The van der Waals surface area contributed by atoms with Crippen molar-refractivity contribution in [2.75, 3.05) is 13.1 Å². The number of carboxylic acids is 1. The third kappa shape index (κ3) is 8.50. The van der Waals surface area contributed by atoms with Gasteiger partial charge in [0.15, 0.2) is 5.96 Å². The van der Waals surface area contributed by atoms with Crippen LogP contribution in [0.2, 0.25) is 0 Å². The SMILES string of the molecule is CC(C)C(NC(=O)C(NC(=O)C(N)CCCN=C(N)N)C(C)O)C(=O)N1CCCC1C(=O)O. The summed E-state index contributed by atoms with van der Waals surface area (Å²) in [6.45, 7) is 5.30. The first kappa shape index (κ1) is 28.1. The van der Waals surface area contributed by atoms with E-state index >= 15 is 0 Å². The van der Waals surface area contributed by atoms with Crippen LogP contribution in [0, 0.1) is 5.92 Å². The average molecular weight is 472 g/mol. The molecule has 0 aromatic carbocycles. The highest BCUT2D eigenvalue weighted by Crippen LogP contribution is 2.20. The van der Waals surface area contributed by atoms with Crippen LogP contribution < -0.4 is 27.8 Å². The maximum Gasteiger partial charge on any atom is 0.326 e. The van der Waals surface area contributed by atoms with Gasteiger partial charge in [-0.2, -0.15) is 0 Å². The molecule has 1 aliphatic heterocycles. The van der Waals surface area contributed by atoms with Crippen LogP contribution in [0.4, 0.5) is 0 Å². The summed E-state index contributed by atoms with van der Waals surface area (Å²) >= 11 is 0. The van der Waals surface area contributed by atoms with Gasteiger partial charge in [-0.05, 0) is 38.5 Å². The number of nitrogens with two attached hydrogens (primary N) is 3. The Morgan fingerprint density at radius 2 is 1.70 bits per heavy atom. The van der Waals surface area contributed by atoms with Crippen LogP contribution in [0.15, 0.2) is 4.99 Å². The Morgan fingerprint density at radius 3 is 2.21 bits per heavy atom. The molecule has 1 heterocycles. The van der Waals surface area contributed by atoms with Crippen molar-refractivity contribution in [2.24, 2.45) is 28.1 Å². The fraction of sp³-hybridized carbons (Fsp3) is 0.750. The van der Waals surface area contributed by atoms with Crippen LogP contribution in [0.3, 0.4) is 0 Å². The fourth-order valence-corrected chi connectivity index (χ4v) is 3.54. The summed E-state index contributed by atoms with van der Waals surface area (Å²) in [6, 6.07) is -4.29. The summed E-state index contributed by atoms with van der Waals surface area (Å²) in [5.41, 5.74) is 16.3. The minimum atomic E-state index is -1.36. The van der Waals surface area contributed by atoms with Crippen LogP contribution >= 0.6 is 0 Å². The summed E-state index contributed by atoms with van der Waals surface area (Å²) in [7, 11) is 0. The molecule has 33 heavy (non-hydrogen) atoms. The number of aliphatic hydroxyl groups is 1. The Bertz CT molecular complexity index is 738. The zero-order chi connectivity index (χ0) is 25.3. The van der Waals surface area contributed by atoms with Crippen molar-refractivity contribution >= 4 is 29.7 Å². The number of aliphatic carboxylic acids is 1. The van der Waals surface area contributed by atoms with E-state index in [-0.39, 0.29) is 31.4 Å². The van der Waals surface area contributed by atoms with Crippen LogP contribution in [0.1, 0.15) is 46.5 Å². The average Bonchev–Trinajstić information content (AvgIpc) is 3.22. The second-order valence-electron chi connectivity index (χ2n) is 8.54. The molecule has 13 nitrogen and oxygen atoms in total. The van der Waals surface area contributed by atoms with Crippen molar-refractivity contribution < 1.29 is 29.4 Å². The van der Waals surface area contributed by atoms with Crippen molar-refractivity contribution in [3.8, 4) is 0 Å². The van der Waals surface area contributed by atoms with Gasteiger partial charge in [-0.1, -0.05) is 13.8 Å². The molecule has 0 spiro atoms. The Kier molecular flexibility index (Phi) is 11.0. The van der Waals surface area contributed by atoms with E-state index in [2.05, 4.69) is 15.6 Å². The number of carbonyl (C=O) groups excluding carboxylic acids is 3. The molecule has 0 aromatic rings. The van der Waals surface area contributed by atoms with Gasteiger partial charge in [0.1, 0.15) is 18.1 Å². The van der Waals surface area contributed by atoms with Crippen molar-refractivity contribution in [1.82, 2.24) is 15.5 Å². The van der Waals surface area contributed by atoms with Crippen molar-refractivity contribution in [1.29, 1.82) is 0 Å². The van der Waals surface area contributed by atoms with Gasteiger partial charge in [0.05, 0.1) is 12.1 Å². The predicted octanol–water partition coefficient (Wildman–Crippen LogP) is -2.55. The number of guanidine groups is 1. The standard InChI is InChI=1S/C20H37N7O6/c1-10(2)14(18(31)27-9-5-7-13(27)19(32)33)25-17(30)15(11(3)28)26-16(29)12(21)6-4-8-24-20(22)23/h10-15,28H,4-9,21H2,1-3H3,(H,25,30)(H,26,29)(H,32,33)(H4,22,23,24). The molecule has 13 heteroatoms. The van der Waals surface area contributed by atoms with E-state index in [1.54, 1.807) is 13.8 Å². The van der Waals surface area contributed by atoms with E-state index in [1.165, 1.54) is 11.8 Å². The first-order valence-electron chi connectivity index (χ1n) is 11.0. The smallest absolute Gasteiger partial charge is 0.326 e. The second-order valence-corrected chi connectivity index (χ2v) is 8.54. The number of nitrogens with one attached hydrogen (secondary N) is 2. The molecule has 3 amide bonds. The van der Waals surface area contributed by atoms with E-state index in [9.17, 15) is 29.4 Å². The summed E-state index contributed by atoms with van der Waals surface area (Å²) in [6.07, 6.45) is 0.296. The highest BCUT2D eigenvalue weighted by atomic mass is 16.4. The van der Waals surface area contributed by atoms with Crippen LogP contribution in [-0.4, -0.2) is 88.1 Å². The van der Waals surface area contributed by atoms with E-state index < -0.39 is 54.0 Å². The lowest BCUT2D eigenvalue weighted by Crippen LogP contribution is -2.60. The number of aliphatic imine (C=N–C) groups is 1. The van der Waals surface area contributed by atoms with Crippen molar-refractivity contribution in [3.05, 3.63) is 0 Å². The number of likely N-dealkylation sites (tertiary alicyclic amines) is 1. The van der Waals surface area contributed by atoms with E-state index in [1.807, 2.05) is 0 Å². The third-order valence-corrected chi connectivity index (χ3v) is 5.42. The van der Waals surface area contributed by atoms with Gasteiger partial charge in [-0.25, -0.2) is 4.79 Å². The molecule has 0 aromatic heterocycles. The Morgan fingerprint density at radius 1 is 1.09 bits per heavy atom.